The molecule has 0 bridgehead atoms. The molecule has 1 aliphatic rings. The quantitative estimate of drug-likeness (QED) is 0.819. The number of urea groups is 1. The molecule has 1 aromatic carbocycles. The minimum Gasteiger partial charge on any atom is -0.392 e. The molecule has 1 heterocycles. The topological polar surface area (TPSA) is 43.8 Å². The molecule has 1 saturated heterocycles. The Hall–Kier alpha value is -1.55. The van der Waals surface area contributed by atoms with E-state index in [0.717, 1.165) is 30.8 Å². The van der Waals surface area contributed by atoms with Crippen LogP contribution in [0.15, 0.2) is 24.3 Å². The van der Waals surface area contributed by atoms with Gasteiger partial charge in [0.25, 0.3) is 0 Å². The summed E-state index contributed by atoms with van der Waals surface area (Å²) >= 11 is 0. The average Bonchev–Trinajstić information content (AvgIpc) is 2.33. The van der Waals surface area contributed by atoms with Gasteiger partial charge in [-0.3, -0.25) is 4.90 Å². The summed E-state index contributed by atoms with van der Waals surface area (Å²) in [6.45, 7) is 1.62. The summed E-state index contributed by atoms with van der Waals surface area (Å²) in [6, 6.07) is 7.49. The fraction of sp³-hybridized carbons (Fsp3) is 0.417. The van der Waals surface area contributed by atoms with Crippen molar-refractivity contribution in [2.45, 2.75) is 13.0 Å². The van der Waals surface area contributed by atoms with Crippen molar-refractivity contribution < 1.29 is 9.90 Å². The molecule has 1 fully saturated rings. The molecule has 86 valence electrons. The third kappa shape index (κ3) is 2.02. The number of aliphatic hydroxyl groups is 1. The highest BCUT2D eigenvalue weighted by Crippen LogP contribution is 2.19. The predicted octanol–water partition coefficient (Wildman–Crippen LogP) is 1.44. The van der Waals surface area contributed by atoms with Gasteiger partial charge in [-0.15, -0.1) is 0 Å². The largest absolute Gasteiger partial charge is 0.392 e. The van der Waals surface area contributed by atoms with Crippen LogP contribution in [0, 0.1) is 0 Å². The zero-order chi connectivity index (χ0) is 11.5. The van der Waals surface area contributed by atoms with Gasteiger partial charge < -0.3 is 10.0 Å². The summed E-state index contributed by atoms with van der Waals surface area (Å²) in [5, 5.41) is 8.94. The van der Waals surface area contributed by atoms with E-state index in [1.54, 1.807) is 9.80 Å². The first kappa shape index (κ1) is 11.0. The van der Waals surface area contributed by atoms with Crippen molar-refractivity contribution in [3.63, 3.8) is 0 Å². The molecule has 2 rings (SSSR count). The Kier molecular flexibility index (Phi) is 3.10. The lowest BCUT2D eigenvalue weighted by Gasteiger charge is -2.33. The van der Waals surface area contributed by atoms with Crippen molar-refractivity contribution >= 4 is 11.7 Å². The van der Waals surface area contributed by atoms with Crippen molar-refractivity contribution in [3.8, 4) is 0 Å². The van der Waals surface area contributed by atoms with Crippen LogP contribution in [0.4, 0.5) is 10.5 Å². The number of aliphatic hydroxyl groups excluding tert-OH is 1. The number of rotatable bonds is 2. The van der Waals surface area contributed by atoms with E-state index in [2.05, 4.69) is 0 Å². The van der Waals surface area contributed by atoms with E-state index in [1.807, 2.05) is 31.3 Å². The standard InChI is InChI=1S/C12H16N2O2/c1-13-7-2-8-14(12(13)16)11-5-3-10(9-15)4-6-11/h3-6,15H,2,7-9H2,1H3. The van der Waals surface area contributed by atoms with Gasteiger partial charge in [-0.25, -0.2) is 4.79 Å². The Morgan fingerprint density at radius 1 is 1.25 bits per heavy atom. The van der Waals surface area contributed by atoms with Gasteiger partial charge in [-0.05, 0) is 24.1 Å². The first-order valence-electron chi connectivity index (χ1n) is 5.45. The Labute approximate surface area is 95.1 Å². The monoisotopic (exact) mass is 220 g/mol. The third-order valence-electron chi connectivity index (χ3n) is 2.86. The molecule has 1 N–H and O–H groups in total. The molecule has 0 aromatic heterocycles. The number of hydrogen-bond acceptors (Lipinski definition) is 2. The van der Waals surface area contributed by atoms with Crippen LogP contribution in [0.3, 0.4) is 0 Å². The number of anilines is 1. The fourth-order valence-electron chi connectivity index (χ4n) is 1.88. The van der Waals surface area contributed by atoms with Crippen LogP contribution < -0.4 is 4.90 Å². The molecule has 16 heavy (non-hydrogen) atoms. The maximum atomic E-state index is 11.9. The van der Waals surface area contributed by atoms with Gasteiger partial charge in [0.2, 0.25) is 0 Å². The van der Waals surface area contributed by atoms with Crippen LogP contribution in [0.1, 0.15) is 12.0 Å². The Balaban J connectivity index is 2.19. The molecule has 0 spiro atoms. The zero-order valence-electron chi connectivity index (χ0n) is 9.39. The van der Waals surface area contributed by atoms with Gasteiger partial charge in [0.05, 0.1) is 6.61 Å². The molecule has 0 unspecified atom stereocenters. The normalized spacial score (nSPS) is 16.8. The van der Waals surface area contributed by atoms with Crippen LogP contribution in [0.25, 0.3) is 0 Å². The maximum Gasteiger partial charge on any atom is 0.324 e. The Bertz CT molecular complexity index is 375. The van der Waals surface area contributed by atoms with Gasteiger partial charge in [-0.2, -0.15) is 0 Å². The molecule has 0 atom stereocenters. The summed E-state index contributed by atoms with van der Waals surface area (Å²) in [4.78, 5) is 15.4. The molecule has 1 aromatic rings. The van der Waals surface area contributed by atoms with E-state index < -0.39 is 0 Å². The molecule has 0 aliphatic carbocycles. The first-order valence-corrected chi connectivity index (χ1v) is 5.45. The predicted molar refractivity (Wildman–Crippen MR) is 62.4 cm³/mol. The maximum absolute atomic E-state index is 11.9. The highest BCUT2D eigenvalue weighted by molar-refractivity contribution is 5.92. The lowest BCUT2D eigenvalue weighted by Crippen LogP contribution is -2.47. The molecular weight excluding hydrogens is 204 g/mol. The Morgan fingerprint density at radius 2 is 1.94 bits per heavy atom. The lowest BCUT2D eigenvalue weighted by molar-refractivity contribution is 0.207. The van der Waals surface area contributed by atoms with E-state index in [9.17, 15) is 4.79 Å². The Morgan fingerprint density at radius 3 is 2.56 bits per heavy atom. The molecule has 0 radical (unpaired) electrons. The van der Waals surface area contributed by atoms with E-state index in [0.29, 0.717) is 0 Å². The van der Waals surface area contributed by atoms with Crippen molar-refractivity contribution in [2.24, 2.45) is 0 Å². The second-order valence-electron chi connectivity index (χ2n) is 4.03. The van der Waals surface area contributed by atoms with Crippen LogP contribution in [0.5, 0.6) is 0 Å². The number of benzene rings is 1. The second-order valence-corrected chi connectivity index (χ2v) is 4.03. The highest BCUT2D eigenvalue weighted by atomic mass is 16.3. The number of nitrogens with zero attached hydrogens (tertiary/aromatic N) is 2. The van der Waals surface area contributed by atoms with Crippen LogP contribution in [-0.2, 0) is 6.61 Å². The summed E-state index contributed by atoms with van der Waals surface area (Å²) in [5.41, 5.74) is 1.76. The highest BCUT2D eigenvalue weighted by Gasteiger charge is 2.23. The molecule has 2 amide bonds. The van der Waals surface area contributed by atoms with Crippen molar-refractivity contribution in [2.75, 3.05) is 25.0 Å². The van der Waals surface area contributed by atoms with Crippen molar-refractivity contribution in [3.05, 3.63) is 29.8 Å². The van der Waals surface area contributed by atoms with E-state index >= 15 is 0 Å². The molecule has 4 heteroatoms. The summed E-state index contributed by atoms with van der Waals surface area (Å²) in [6.07, 6.45) is 0.990. The van der Waals surface area contributed by atoms with Gasteiger partial charge in [0.1, 0.15) is 0 Å². The summed E-state index contributed by atoms with van der Waals surface area (Å²) < 4.78 is 0. The van der Waals surface area contributed by atoms with E-state index in [1.165, 1.54) is 0 Å². The van der Waals surface area contributed by atoms with Crippen LogP contribution in [0.2, 0.25) is 0 Å². The second kappa shape index (κ2) is 4.53. The number of carbonyl (C=O) groups excluding carboxylic acids is 1. The lowest BCUT2D eigenvalue weighted by atomic mass is 10.2. The van der Waals surface area contributed by atoms with Gasteiger partial charge in [0.15, 0.2) is 0 Å². The summed E-state index contributed by atoms with van der Waals surface area (Å²) in [7, 11) is 1.82. The number of hydrogen-bond donors (Lipinski definition) is 1. The van der Waals surface area contributed by atoms with Gasteiger partial charge in [-0.1, -0.05) is 12.1 Å². The third-order valence-corrected chi connectivity index (χ3v) is 2.86. The molecule has 4 nitrogen and oxygen atoms in total. The first-order chi connectivity index (χ1) is 7.72. The SMILES string of the molecule is CN1CCCN(c2ccc(CO)cc2)C1=O. The van der Waals surface area contributed by atoms with Gasteiger partial charge >= 0.3 is 6.03 Å². The number of carbonyl (C=O) groups is 1. The van der Waals surface area contributed by atoms with Crippen LogP contribution in [-0.4, -0.2) is 36.2 Å². The molecular formula is C12H16N2O2. The van der Waals surface area contributed by atoms with Crippen molar-refractivity contribution in [1.82, 2.24) is 4.90 Å². The smallest absolute Gasteiger partial charge is 0.324 e. The van der Waals surface area contributed by atoms with Gasteiger partial charge in [0, 0.05) is 25.8 Å². The molecule has 0 saturated carbocycles. The number of amides is 2. The molecule has 1 aliphatic heterocycles. The summed E-state index contributed by atoms with van der Waals surface area (Å²) in [5.74, 6) is 0. The average molecular weight is 220 g/mol. The van der Waals surface area contributed by atoms with E-state index in [4.69, 9.17) is 5.11 Å². The fourth-order valence-corrected chi connectivity index (χ4v) is 1.88. The minimum absolute atomic E-state index is 0.0358. The van der Waals surface area contributed by atoms with E-state index in [-0.39, 0.29) is 12.6 Å². The van der Waals surface area contributed by atoms with Crippen molar-refractivity contribution in [1.29, 1.82) is 0 Å². The zero-order valence-corrected chi connectivity index (χ0v) is 9.39. The van der Waals surface area contributed by atoms with Crippen LogP contribution >= 0.6 is 0 Å². The minimum atomic E-state index is 0.0358.